The number of nitrogens with one attached hydrogen (secondary N) is 3. The van der Waals surface area contributed by atoms with Gasteiger partial charge in [0, 0.05) is 24.5 Å². The van der Waals surface area contributed by atoms with Crippen molar-refractivity contribution in [3.63, 3.8) is 0 Å². The number of aryl methyl sites for hydroxylation is 1. The van der Waals surface area contributed by atoms with E-state index < -0.39 is 10.2 Å². The van der Waals surface area contributed by atoms with Gasteiger partial charge in [-0.25, -0.2) is 0 Å². The van der Waals surface area contributed by atoms with Crippen molar-refractivity contribution in [1.82, 2.24) is 14.8 Å². The summed E-state index contributed by atoms with van der Waals surface area (Å²) in [6.45, 7) is 2.70. The van der Waals surface area contributed by atoms with Gasteiger partial charge in [0.1, 0.15) is 5.75 Å². The van der Waals surface area contributed by atoms with Gasteiger partial charge in [-0.1, -0.05) is 72.3 Å². The first kappa shape index (κ1) is 26.9. The van der Waals surface area contributed by atoms with Crippen molar-refractivity contribution in [1.29, 1.82) is 0 Å². The standard InChI is InChI=1S/C29H35N3O4S/c1-22-12-14-23(15-13-22)20-31-37(34,35)32-25-16-18-29(19-17-25,24-8-4-3-5-9-24)21-30-28(33)26-10-6-7-11-27(26)36-2/h3-15,25,31-32H,16-21H2,1-2H3,(H,30,33)/t25-,29-. The molecule has 37 heavy (non-hydrogen) atoms. The molecule has 0 radical (unpaired) electrons. The van der Waals surface area contributed by atoms with Gasteiger partial charge in [-0.15, -0.1) is 0 Å². The molecule has 0 saturated heterocycles. The van der Waals surface area contributed by atoms with E-state index in [-0.39, 0.29) is 23.9 Å². The van der Waals surface area contributed by atoms with Crippen LogP contribution in [-0.4, -0.2) is 34.0 Å². The summed E-state index contributed by atoms with van der Waals surface area (Å²) in [6.07, 6.45) is 2.83. The molecule has 1 aliphatic carbocycles. The summed E-state index contributed by atoms with van der Waals surface area (Å²) in [4.78, 5) is 13.0. The monoisotopic (exact) mass is 521 g/mol. The molecule has 1 saturated carbocycles. The van der Waals surface area contributed by atoms with Gasteiger partial charge in [-0.05, 0) is 55.9 Å². The van der Waals surface area contributed by atoms with Crippen molar-refractivity contribution in [3.05, 3.63) is 101 Å². The number of carbonyl (C=O) groups is 1. The maximum atomic E-state index is 13.0. The minimum Gasteiger partial charge on any atom is -0.496 e. The van der Waals surface area contributed by atoms with E-state index in [0.29, 0.717) is 30.7 Å². The first-order valence-corrected chi connectivity index (χ1v) is 14.1. The van der Waals surface area contributed by atoms with Crippen LogP contribution >= 0.6 is 0 Å². The third kappa shape index (κ3) is 6.97. The van der Waals surface area contributed by atoms with Gasteiger partial charge in [0.15, 0.2) is 0 Å². The highest BCUT2D eigenvalue weighted by molar-refractivity contribution is 7.87. The van der Waals surface area contributed by atoms with Crippen LogP contribution in [0.1, 0.15) is 52.7 Å². The lowest BCUT2D eigenvalue weighted by molar-refractivity contribution is 0.0932. The molecule has 7 nitrogen and oxygen atoms in total. The molecule has 0 unspecified atom stereocenters. The van der Waals surface area contributed by atoms with E-state index >= 15 is 0 Å². The van der Waals surface area contributed by atoms with Crippen LogP contribution in [0.4, 0.5) is 0 Å². The quantitative estimate of drug-likeness (QED) is 0.372. The number of methoxy groups -OCH3 is 1. The smallest absolute Gasteiger partial charge is 0.277 e. The molecule has 1 fully saturated rings. The number of carbonyl (C=O) groups excluding carboxylic acids is 1. The lowest BCUT2D eigenvalue weighted by Crippen LogP contribution is -2.49. The first-order valence-electron chi connectivity index (χ1n) is 12.6. The third-order valence-electron chi connectivity index (χ3n) is 7.18. The molecule has 4 rings (SSSR count). The molecule has 1 aliphatic rings. The zero-order valence-electron chi connectivity index (χ0n) is 21.4. The van der Waals surface area contributed by atoms with Crippen LogP contribution in [0, 0.1) is 6.92 Å². The lowest BCUT2D eigenvalue weighted by Gasteiger charge is -2.41. The van der Waals surface area contributed by atoms with Crippen LogP contribution in [-0.2, 0) is 22.2 Å². The Morgan fingerprint density at radius 2 is 1.59 bits per heavy atom. The van der Waals surface area contributed by atoms with Crippen LogP contribution in [0.15, 0.2) is 78.9 Å². The maximum Gasteiger partial charge on any atom is 0.277 e. The second-order valence-electron chi connectivity index (χ2n) is 9.73. The fourth-order valence-corrected chi connectivity index (χ4v) is 6.08. The average Bonchev–Trinajstić information content (AvgIpc) is 2.92. The Kier molecular flexibility index (Phi) is 8.63. The maximum absolute atomic E-state index is 13.0. The lowest BCUT2D eigenvalue weighted by atomic mass is 9.68. The Labute approximate surface area is 219 Å². The van der Waals surface area contributed by atoms with E-state index in [1.165, 1.54) is 0 Å². The van der Waals surface area contributed by atoms with Crippen molar-refractivity contribution < 1.29 is 17.9 Å². The molecule has 196 valence electrons. The summed E-state index contributed by atoms with van der Waals surface area (Å²) in [7, 11) is -2.09. The minimum absolute atomic E-state index is 0.169. The Hall–Kier alpha value is -3.20. The summed E-state index contributed by atoms with van der Waals surface area (Å²) >= 11 is 0. The van der Waals surface area contributed by atoms with Gasteiger partial charge in [0.25, 0.3) is 16.1 Å². The summed E-state index contributed by atoms with van der Waals surface area (Å²) in [5, 5.41) is 3.12. The number of rotatable bonds is 10. The van der Waals surface area contributed by atoms with Crippen molar-refractivity contribution >= 4 is 16.1 Å². The Bertz CT molecular complexity index is 1290. The van der Waals surface area contributed by atoms with Gasteiger partial charge in [0.2, 0.25) is 0 Å². The number of benzene rings is 3. The average molecular weight is 522 g/mol. The van der Waals surface area contributed by atoms with E-state index in [1.54, 1.807) is 19.2 Å². The zero-order chi connectivity index (χ0) is 26.3. The first-order chi connectivity index (χ1) is 17.8. The molecule has 3 aromatic carbocycles. The highest BCUT2D eigenvalue weighted by atomic mass is 32.2. The van der Waals surface area contributed by atoms with Crippen molar-refractivity contribution in [3.8, 4) is 5.75 Å². The summed E-state index contributed by atoms with van der Waals surface area (Å²) in [5.41, 5.74) is 3.40. The molecule has 3 N–H and O–H groups in total. The second-order valence-corrected chi connectivity index (χ2v) is 11.3. The number of hydrogen-bond donors (Lipinski definition) is 3. The Balaban J connectivity index is 1.40. The molecular weight excluding hydrogens is 486 g/mol. The van der Waals surface area contributed by atoms with E-state index in [0.717, 1.165) is 29.5 Å². The van der Waals surface area contributed by atoms with Crippen LogP contribution < -0.4 is 19.5 Å². The summed E-state index contributed by atoms with van der Waals surface area (Å²) in [6, 6.07) is 24.9. The van der Waals surface area contributed by atoms with Crippen LogP contribution in [0.2, 0.25) is 0 Å². The summed E-state index contributed by atoms with van der Waals surface area (Å²) < 4.78 is 36.3. The number of amides is 1. The van der Waals surface area contributed by atoms with Gasteiger partial charge >= 0.3 is 0 Å². The predicted octanol–water partition coefficient (Wildman–Crippen LogP) is 4.24. The van der Waals surface area contributed by atoms with Crippen LogP contribution in [0.3, 0.4) is 0 Å². The van der Waals surface area contributed by atoms with Gasteiger partial charge < -0.3 is 10.1 Å². The predicted molar refractivity (Wildman–Crippen MR) is 146 cm³/mol. The van der Waals surface area contributed by atoms with Crippen molar-refractivity contribution in [2.24, 2.45) is 0 Å². The molecule has 0 aromatic heterocycles. The van der Waals surface area contributed by atoms with Gasteiger partial charge in [0.05, 0.1) is 12.7 Å². The SMILES string of the molecule is COc1ccccc1C(=O)NC[C@]1(c2ccccc2)CC[C@H](NS(=O)(=O)NCc2ccc(C)cc2)CC1. The molecule has 0 bridgehead atoms. The highest BCUT2D eigenvalue weighted by Crippen LogP contribution is 2.39. The van der Waals surface area contributed by atoms with E-state index in [1.807, 2.05) is 61.5 Å². The molecule has 0 aliphatic heterocycles. The fourth-order valence-electron chi connectivity index (χ4n) is 4.97. The molecule has 1 amide bonds. The minimum atomic E-state index is -3.64. The molecule has 0 heterocycles. The van der Waals surface area contributed by atoms with E-state index in [4.69, 9.17) is 4.74 Å². The Morgan fingerprint density at radius 1 is 0.946 bits per heavy atom. The molecule has 0 atom stereocenters. The van der Waals surface area contributed by atoms with Gasteiger partial charge in [-0.3, -0.25) is 4.79 Å². The van der Waals surface area contributed by atoms with E-state index in [2.05, 4.69) is 26.9 Å². The molecule has 3 aromatic rings. The van der Waals surface area contributed by atoms with Crippen molar-refractivity contribution in [2.75, 3.05) is 13.7 Å². The fraction of sp³-hybridized carbons (Fsp3) is 0.345. The number of para-hydroxylation sites is 1. The normalized spacial score (nSPS) is 19.8. The molecular formula is C29H35N3O4S. The highest BCUT2D eigenvalue weighted by Gasteiger charge is 2.38. The number of ether oxygens (including phenoxy) is 1. The third-order valence-corrected chi connectivity index (χ3v) is 8.34. The second kappa shape index (κ2) is 11.9. The van der Waals surface area contributed by atoms with Gasteiger partial charge in [-0.2, -0.15) is 17.9 Å². The van der Waals surface area contributed by atoms with Crippen LogP contribution in [0.25, 0.3) is 0 Å². The topological polar surface area (TPSA) is 96.5 Å². The summed E-state index contributed by atoms with van der Waals surface area (Å²) in [5.74, 6) is 0.348. The molecule has 0 spiro atoms. The largest absolute Gasteiger partial charge is 0.496 e. The molecule has 8 heteroatoms. The zero-order valence-corrected chi connectivity index (χ0v) is 22.2. The Morgan fingerprint density at radius 3 is 2.27 bits per heavy atom. The van der Waals surface area contributed by atoms with Crippen LogP contribution in [0.5, 0.6) is 5.75 Å². The van der Waals surface area contributed by atoms with Crippen molar-refractivity contribution in [2.45, 2.75) is 50.6 Å². The van der Waals surface area contributed by atoms with E-state index in [9.17, 15) is 13.2 Å². The number of hydrogen-bond acceptors (Lipinski definition) is 4.